The maximum atomic E-state index is 7.49. The predicted molar refractivity (Wildman–Crippen MR) is 78.0 cm³/mol. The predicted octanol–water partition coefficient (Wildman–Crippen LogP) is 2.51. The van der Waals surface area contributed by atoms with Gasteiger partial charge in [0, 0.05) is 11.6 Å². The highest BCUT2D eigenvalue weighted by molar-refractivity contribution is 5.93. The first-order valence-electron chi connectivity index (χ1n) is 6.20. The zero-order valence-electron chi connectivity index (χ0n) is 10.5. The van der Waals surface area contributed by atoms with E-state index in [1.54, 1.807) is 0 Å². The third kappa shape index (κ3) is 2.96. The molecule has 1 aromatic carbocycles. The quantitative estimate of drug-likeness (QED) is 0.665. The number of rotatable bonds is 4. The molecule has 0 unspecified atom stereocenters. The van der Waals surface area contributed by atoms with Crippen molar-refractivity contribution in [1.82, 2.24) is 9.78 Å². The summed E-state index contributed by atoms with van der Waals surface area (Å²) in [6.07, 6.45) is 2.44. The minimum atomic E-state index is 0. The van der Waals surface area contributed by atoms with Crippen LogP contribution in [-0.4, -0.2) is 15.6 Å². The second kappa shape index (κ2) is 5.45. The Morgan fingerprint density at radius 3 is 2.58 bits per heavy atom. The number of benzene rings is 1. The van der Waals surface area contributed by atoms with Crippen molar-refractivity contribution in [2.75, 3.05) is 0 Å². The van der Waals surface area contributed by atoms with E-state index in [0.717, 1.165) is 6.54 Å². The molecule has 0 radical (unpaired) electrons. The molecular formula is C14H17ClN4. The van der Waals surface area contributed by atoms with E-state index in [4.69, 9.17) is 11.1 Å². The van der Waals surface area contributed by atoms with Gasteiger partial charge in [0.1, 0.15) is 11.5 Å². The fourth-order valence-corrected chi connectivity index (χ4v) is 2.15. The maximum Gasteiger partial charge on any atom is 0.143 e. The molecule has 100 valence electrons. The van der Waals surface area contributed by atoms with Crippen molar-refractivity contribution in [3.63, 3.8) is 0 Å². The Hall–Kier alpha value is -1.81. The van der Waals surface area contributed by atoms with E-state index in [1.807, 2.05) is 28.9 Å². The van der Waals surface area contributed by atoms with Gasteiger partial charge in [-0.2, -0.15) is 5.10 Å². The molecule has 5 heteroatoms. The average Bonchev–Trinajstić information content (AvgIpc) is 3.12. The Bertz CT molecular complexity index is 572. The second-order valence-corrected chi connectivity index (χ2v) is 4.79. The summed E-state index contributed by atoms with van der Waals surface area (Å²) in [5.41, 5.74) is 8.54. The highest BCUT2D eigenvalue weighted by Crippen LogP contribution is 2.40. The number of hydrogen-bond acceptors (Lipinski definition) is 2. The molecule has 1 heterocycles. The molecule has 0 bridgehead atoms. The van der Waals surface area contributed by atoms with E-state index in [1.165, 1.54) is 24.1 Å². The summed E-state index contributed by atoms with van der Waals surface area (Å²) in [7, 11) is 0. The van der Waals surface area contributed by atoms with Crippen molar-refractivity contribution in [3.05, 3.63) is 53.3 Å². The lowest BCUT2D eigenvalue weighted by atomic mass is 10.2. The molecule has 1 aromatic heterocycles. The van der Waals surface area contributed by atoms with Gasteiger partial charge in [-0.3, -0.25) is 10.1 Å². The molecule has 1 aliphatic carbocycles. The standard InChI is InChI=1S/C14H16N4.ClH/c15-14(16)12-8-13(11-6-7-11)18(17-12)9-10-4-2-1-3-5-10;/h1-5,8,11H,6-7,9H2,(H3,15,16);1H. The van der Waals surface area contributed by atoms with Gasteiger partial charge in [-0.25, -0.2) is 0 Å². The van der Waals surface area contributed by atoms with Crippen LogP contribution in [-0.2, 0) is 6.54 Å². The molecule has 2 aromatic rings. The maximum absolute atomic E-state index is 7.49. The largest absolute Gasteiger partial charge is 0.382 e. The van der Waals surface area contributed by atoms with Gasteiger partial charge < -0.3 is 5.73 Å². The third-order valence-corrected chi connectivity index (χ3v) is 3.26. The van der Waals surface area contributed by atoms with E-state index >= 15 is 0 Å². The molecule has 1 fully saturated rings. The summed E-state index contributed by atoms with van der Waals surface area (Å²) < 4.78 is 1.99. The summed E-state index contributed by atoms with van der Waals surface area (Å²) in [6, 6.07) is 12.2. The molecule has 1 saturated carbocycles. The smallest absolute Gasteiger partial charge is 0.143 e. The highest BCUT2D eigenvalue weighted by atomic mass is 35.5. The number of nitrogens with zero attached hydrogens (tertiary/aromatic N) is 2. The van der Waals surface area contributed by atoms with E-state index in [2.05, 4.69) is 17.2 Å². The van der Waals surface area contributed by atoms with Crippen LogP contribution in [0.2, 0.25) is 0 Å². The summed E-state index contributed by atoms with van der Waals surface area (Å²) >= 11 is 0. The van der Waals surface area contributed by atoms with Crippen molar-refractivity contribution in [2.24, 2.45) is 5.73 Å². The van der Waals surface area contributed by atoms with Crippen molar-refractivity contribution in [1.29, 1.82) is 5.41 Å². The fourth-order valence-electron chi connectivity index (χ4n) is 2.15. The molecule has 1 aliphatic rings. The number of hydrogen-bond donors (Lipinski definition) is 2. The SMILES string of the molecule is Cl.N=C(N)c1cc(C2CC2)n(Cc2ccccc2)n1. The summed E-state index contributed by atoms with van der Waals surface area (Å²) in [5.74, 6) is 0.651. The molecule has 3 N–H and O–H groups in total. The first kappa shape index (κ1) is 13.6. The van der Waals surface area contributed by atoms with E-state index in [9.17, 15) is 0 Å². The number of nitrogens with one attached hydrogen (secondary N) is 1. The van der Waals surface area contributed by atoms with Crippen molar-refractivity contribution < 1.29 is 0 Å². The number of nitrogen functional groups attached to an aromatic ring is 1. The second-order valence-electron chi connectivity index (χ2n) is 4.79. The van der Waals surface area contributed by atoms with Crippen molar-refractivity contribution in [3.8, 4) is 0 Å². The van der Waals surface area contributed by atoms with Gasteiger partial charge in [0.05, 0.1) is 6.54 Å². The van der Waals surface area contributed by atoms with E-state index < -0.39 is 0 Å². The average molecular weight is 277 g/mol. The molecule has 0 saturated heterocycles. The minimum absolute atomic E-state index is 0. The number of aromatic nitrogens is 2. The van der Waals surface area contributed by atoms with Crippen LogP contribution in [0, 0.1) is 5.41 Å². The molecule has 4 nitrogen and oxygen atoms in total. The van der Waals surface area contributed by atoms with Gasteiger partial charge in [0.25, 0.3) is 0 Å². The summed E-state index contributed by atoms with van der Waals surface area (Å²) in [6.45, 7) is 0.750. The van der Waals surface area contributed by atoms with E-state index in [0.29, 0.717) is 11.6 Å². The molecule has 19 heavy (non-hydrogen) atoms. The lowest BCUT2D eigenvalue weighted by Gasteiger charge is -2.06. The monoisotopic (exact) mass is 276 g/mol. The van der Waals surface area contributed by atoms with Gasteiger partial charge in [-0.15, -0.1) is 12.4 Å². The molecule has 0 spiro atoms. The van der Waals surface area contributed by atoms with Crippen molar-refractivity contribution >= 4 is 18.2 Å². The number of halogens is 1. The van der Waals surface area contributed by atoms with Crippen LogP contribution in [0.25, 0.3) is 0 Å². The van der Waals surface area contributed by atoms with Gasteiger partial charge in [-0.1, -0.05) is 30.3 Å². The Morgan fingerprint density at radius 1 is 1.32 bits per heavy atom. The molecule has 0 amide bonds. The van der Waals surface area contributed by atoms with Crippen LogP contribution in [0.4, 0.5) is 0 Å². The topological polar surface area (TPSA) is 67.7 Å². The van der Waals surface area contributed by atoms with Crippen LogP contribution < -0.4 is 5.73 Å². The number of nitrogens with two attached hydrogens (primary N) is 1. The Morgan fingerprint density at radius 2 is 2.00 bits per heavy atom. The Balaban J connectivity index is 0.00000133. The Kier molecular flexibility index (Phi) is 3.90. The van der Waals surface area contributed by atoms with Gasteiger partial charge in [-0.05, 0) is 24.5 Å². The fraction of sp³-hybridized carbons (Fsp3) is 0.286. The molecular weight excluding hydrogens is 260 g/mol. The summed E-state index contributed by atoms with van der Waals surface area (Å²) in [4.78, 5) is 0. The van der Waals surface area contributed by atoms with Gasteiger partial charge >= 0.3 is 0 Å². The molecule has 3 rings (SSSR count). The van der Waals surface area contributed by atoms with Crippen LogP contribution in [0.5, 0.6) is 0 Å². The minimum Gasteiger partial charge on any atom is -0.382 e. The third-order valence-electron chi connectivity index (χ3n) is 3.26. The van der Waals surface area contributed by atoms with E-state index in [-0.39, 0.29) is 18.2 Å². The lowest BCUT2D eigenvalue weighted by molar-refractivity contribution is 0.645. The van der Waals surface area contributed by atoms with Crippen molar-refractivity contribution in [2.45, 2.75) is 25.3 Å². The first-order valence-corrected chi connectivity index (χ1v) is 6.20. The highest BCUT2D eigenvalue weighted by Gasteiger charge is 2.28. The zero-order chi connectivity index (χ0) is 12.5. The molecule has 0 aliphatic heterocycles. The van der Waals surface area contributed by atoms with Crippen LogP contribution >= 0.6 is 12.4 Å². The molecule has 0 atom stereocenters. The van der Waals surface area contributed by atoms with Crippen LogP contribution in [0.1, 0.15) is 35.7 Å². The van der Waals surface area contributed by atoms with Crippen LogP contribution in [0.15, 0.2) is 36.4 Å². The van der Waals surface area contributed by atoms with Gasteiger partial charge in [0.2, 0.25) is 0 Å². The number of amidine groups is 1. The lowest BCUT2D eigenvalue weighted by Crippen LogP contribution is -2.13. The normalized spacial score (nSPS) is 13.9. The first-order chi connectivity index (χ1) is 8.74. The summed E-state index contributed by atoms with van der Waals surface area (Å²) in [5, 5.41) is 11.9. The Labute approximate surface area is 118 Å². The van der Waals surface area contributed by atoms with Crippen LogP contribution in [0.3, 0.4) is 0 Å². The zero-order valence-corrected chi connectivity index (χ0v) is 11.4. The van der Waals surface area contributed by atoms with Gasteiger partial charge in [0.15, 0.2) is 0 Å².